The normalized spacial score (nSPS) is 22.2. The van der Waals surface area contributed by atoms with Crippen molar-refractivity contribution >= 4 is 23.5 Å². The molecular formula is C31H36F2N4O7. The van der Waals surface area contributed by atoms with Crippen LogP contribution in [-0.2, 0) is 20.9 Å². The van der Waals surface area contributed by atoms with E-state index in [1.807, 2.05) is 20.8 Å². The van der Waals surface area contributed by atoms with E-state index < -0.39 is 59.0 Å². The Morgan fingerprint density at radius 2 is 2.02 bits per heavy atom. The SMILES string of the molecule is CCCCCC(=O)OCOc1c2n(cc(C(=O)NCc3ccc(F)cc3F)c1=O)[C@@H]1CN(C2=O)[C@@H](C)CC[C@]12CC(C)=NO2. The minimum atomic E-state index is -0.898. The third kappa shape index (κ3) is 6.04. The van der Waals surface area contributed by atoms with Crippen molar-refractivity contribution < 1.29 is 37.5 Å². The van der Waals surface area contributed by atoms with E-state index in [-0.39, 0.29) is 42.4 Å². The second-order valence-corrected chi connectivity index (χ2v) is 11.6. The molecule has 11 nitrogen and oxygen atoms in total. The molecule has 1 aromatic heterocycles. The van der Waals surface area contributed by atoms with Crippen LogP contribution >= 0.6 is 0 Å². The molecule has 13 heteroatoms. The van der Waals surface area contributed by atoms with Gasteiger partial charge in [-0.25, -0.2) is 8.78 Å². The molecule has 5 rings (SSSR count). The number of benzene rings is 1. The number of unbranched alkanes of at least 4 members (excludes halogenated alkanes) is 2. The van der Waals surface area contributed by atoms with E-state index in [1.165, 1.54) is 16.8 Å². The summed E-state index contributed by atoms with van der Waals surface area (Å²) in [7, 11) is 0. The van der Waals surface area contributed by atoms with Crippen molar-refractivity contribution in [3.63, 3.8) is 0 Å². The summed E-state index contributed by atoms with van der Waals surface area (Å²) in [6, 6.07) is 2.22. The summed E-state index contributed by atoms with van der Waals surface area (Å²) in [6.45, 7) is 5.04. The molecule has 4 heterocycles. The highest BCUT2D eigenvalue weighted by Gasteiger charge is 2.54. The molecule has 3 aliphatic heterocycles. The number of carbonyl (C=O) groups excluding carboxylic acids is 3. The number of nitrogens with zero attached hydrogens (tertiary/aromatic N) is 3. The van der Waals surface area contributed by atoms with Gasteiger partial charge in [-0.15, -0.1) is 0 Å². The van der Waals surface area contributed by atoms with Crippen LogP contribution in [0.2, 0.25) is 0 Å². The van der Waals surface area contributed by atoms with Crippen LogP contribution < -0.4 is 15.5 Å². The Bertz CT molecular complexity index is 1560. The molecule has 1 aromatic carbocycles. The largest absolute Gasteiger partial charge is 0.451 e. The number of oxime groups is 1. The number of amides is 2. The number of aromatic nitrogens is 1. The van der Waals surface area contributed by atoms with Gasteiger partial charge in [-0.05, 0) is 39.2 Å². The van der Waals surface area contributed by atoms with Gasteiger partial charge in [0.05, 0.1) is 11.8 Å². The van der Waals surface area contributed by atoms with Crippen LogP contribution in [0.4, 0.5) is 8.78 Å². The number of halogens is 2. The van der Waals surface area contributed by atoms with E-state index >= 15 is 0 Å². The number of nitrogens with one attached hydrogen (secondary N) is 1. The van der Waals surface area contributed by atoms with E-state index in [0.29, 0.717) is 31.7 Å². The molecule has 236 valence electrons. The van der Waals surface area contributed by atoms with Crippen LogP contribution in [-0.4, -0.2) is 57.9 Å². The minimum absolute atomic E-state index is 0.0128. The lowest BCUT2D eigenvalue weighted by molar-refractivity contribution is -0.150. The highest BCUT2D eigenvalue weighted by molar-refractivity contribution is 5.99. The molecule has 0 unspecified atom stereocenters. The first kappa shape index (κ1) is 31.1. The zero-order valence-electron chi connectivity index (χ0n) is 25.0. The lowest BCUT2D eigenvalue weighted by Crippen LogP contribution is -2.52. The Labute approximate surface area is 253 Å². The van der Waals surface area contributed by atoms with Gasteiger partial charge in [0.2, 0.25) is 18.0 Å². The average Bonchev–Trinajstić information content (AvgIpc) is 3.32. The Morgan fingerprint density at radius 3 is 2.73 bits per heavy atom. The van der Waals surface area contributed by atoms with Gasteiger partial charge < -0.3 is 29.1 Å². The van der Waals surface area contributed by atoms with Crippen LogP contribution in [0, 0.1) is 11.6 Å². The molecule has 2 bridgehead atoms. The number of carbonyl (C=O) groups is 3. The van der Waals surface area contributed by atoms with Crippen LogP contribution in [0.3, 0.4) is 0 Å². The van der Waals surface area contributed by atoms with Crippen LogP contribution in [0.25, 0.3) is 0 Å². The van der Waals surface area contributed by atoms with Crippen LogP contribution in [0.5, 0.6) is 5.75 Å². The molecule has 0 saturated carbocycles. The second kappa shape index (κ2) is 12.7. The average molecular weight is 615 g/mol. The number of pyridine rings is 1. The molecular weight excluding hydrogens is 578 g/mol. The maximum atomic E-state index is 14.2. The van der Waals surface area contributed by atoms with Gasteiger partial charge in [0, 0.05) is 49.8 Å². The number of rotatable bonds is 10. The van der Waals surface area contributed by atoms with Crippen LogP contribution in [0.1, 0.15) is 98.2 Å². The Hall–Kier alpha value is -4.29. The summed E-state index contributed by atoms with van der Waals surface area (Å²) < 4.78 is 40.1. The summed E-state index contributed by atoms with van der Waals surface area (Å²) >= 11 is 0. The topological polar surface area (TPSA) is 129 Å². The van der Waals surface area contributed by atoms with E-state index in [1.54, 1.807) is 4.90 Å². The van der Waals surface area contributed by atoms with Crippen molar-refractivity contribution in [1.29, 1.82) is 0 Å². The Balaban J connectivity index is 1.53. The zero-order chi connectivity index (χ0) is 31.6. The minimum Gasteiger partial charge on any atom is -0.451 e. The fraction of sp³-hybridized carbons (Fsp3) is 0.516. The molecule has 3 aliphatic rings. The van der Waals surface area contributed by atoms with Gasteiger partial charge in [0.25, 0.3) is 11.8 Å². The summed E-state index contributed by atoms with van der Waals surface area (Å²) in [6.07, 6.45) is 5.53. The van der Waals surface area contributed by atoms with Gasteiger partial charge in [-0.1, -0.05) is 31.0 Å². The predicted molar refractivity (Wildman–Crippen MR) is 154 cm³/mol. The summed E-state index contributed by atoms with van der Waals surface area (Å²) in [5, 5.41) is 6.70. The van der Waals surface area contributed by atoms with Gasteiger partial charge in [0.15, 0.2) is 11.3 Å². The standard InChI is InChI=1S/C31H36F2N4O7/c1-4-5-6-7-25(38)42-17-43-28-26-30(41)36-16-24(31(11-10-19(36)3)13-18(2)35-44-31)37(26)15-22(27(28)39)29(40)34-14-20-8-9-21(32)12-23(20)33/h8-9,12,15,19,24H,4-7,10-11,13-14,16-17H2,1-3H3,(H,34,40)/t19-,24+,31-/m0/s1. The molecule has 1 saturated heterocycles. The first-order valence-electron chi connectivity index (χ1n) is 14.9. The van der Waals surface area contributed by atoms with Crippen molar-refractivity contribution in [3.8, 4) is 5.75 Å². The number of ether oxygens (including phenoxy) is 2. The zero-order valence-corrected chi connectivity index (χ0v) is 25.0. The smallest absolute Gasteiger partial charge is 0.308 e. The first-order valence-corrected chi connectivity index (χ1v) is 14.9. The van der Waals surface area contributed by atoms with Crippen molar-refractivity contribution in [2.45, 2.75) is 89.9 Å². The van der Waals surface area contributed by atoms with Crippen LogP contribution in [0.15, 0.2) is 34.3 Å². The van der Waals surface area contributed by atoms with Crippen molar-refractivity contribution in [2.24, 2.45) is 5.16 Å². The molecule has 0 radical (unpaired) electrons. The fourth-order valence-corrected chi connectivity index (χ4v) is 6.09. The fourth-order valence-electron chi connectivity index (χ4n) is 6.09. The monoisotopic (exact) mass is 614 g/mol. The molecule has 0 aliphatic carbocycles. The van der Waals surface area contributed by atoms with Gasteiger partial charge >= 0.3 is 5.97 Å². The number of hydrogen-bond donors (Lipinski definition) is 1. The molecule has 1 fully saturated rings. The highest BCUT2D eigenvalue weighted by Crippen LogP contribution is 2.46. The highest BCUT2D eigenvalue weighted by atomic mass is 19.1. The lowest BCUT2D eigenvalue weighted by atomic mass is 9.84. The summed E-state index contributed by atoms with van der Waals surface area (Å²) in [4.78, 5) is 61.0. The van der Waals surface area contributed by atoms with Gasteiger partial charge in [-0.3, -0.25) is 19.2 Å². The molecule has 3 atom stereocenters. The second-order valence-electron chi connectivity index (χ2n) is 11.6. The van der Waals surface area contributed by atoms with E-state index in [0.717, 1.165) is 24.6 Å². The quantitative estimate of drug-likeness (QED) is 0.241. The predicted octanol–water partition coefficient (Wildman–Crippen LogP) is 4.23. The lowest BCUT2D eigenvalue weighted by Gasteiger charge is -2.42. The molecule has 2 amide bonds. The van der Waals surface area contributed by atoms with Crippen molar-refractivity contribution in [2.75, 3.05) is 13.3 Å². The summed E-state index contributed by atoms with van der Waals surface area (Å²) in [5.74, 6) is -3.91. The van der Waals surface area contributed by atoms with E-state index in [4.69, 9.17) is 14.3 Å². The molecule has 2 aromatic rings. The first-order chi connectivity index (χ1) is 21.0. The third-order valence-corrected chi connectivity index (χ3v) is 8.53. The molecule has 44 heavy (non-hydrogen) atoms. The van der Waals surface area contributed by atoms with Gasteiger partial charge in [0.1, 0.15) is 17.2 Å². The number of fused-ring (bicyclic) bond motifs is 5. The van der Waals surface area contributed by atoms with Crippen molar-refractivity contribution in [1.82, 2.24) is 14.8 Å². The van der Waals surface area contributed by atoms with E-state index in [9.17, 15) is 28.0 Å². The third-order valence-electron chi connectivity index (χ3n) is 8.53. The summed E-state index contributed by atoms with van der Waals surface area (Å²) in [5.41, 5.74) is -1.41. The number of esters is 1. The molecule has 1 spiro atoms. The Morgan fingerprint density at radius 1 is 1.23 bits per heavy atom. The number of hydrogen-bond acceptors (Lipinski definition) is 8. The Kier molecular flexibility index (Phi) is 9.02. The molecule has 1 N–H and O–H groups in total. The van der Waals surface area contributed by atoms with Crippen molar-refractivity contribution in [3.05, 3.63) is 63.1 Å². The van der Waals surface area contributed by atoms with Gasteiger partial charge in [-0.2, -0.15) is 0 Å². The van der Waals surface area contributed by atoms with E-state index in [2.05, 4.69) is 10.5 Å². The maximum absolute atomic E-state index is 14.2. The maximum Gasteiger partial charge on any atom is 0.308 e.